The summed E-state index contributed by atoms with van der Waals surface area (Å²) in [5.74, 6) is 1.50. The molecule has 0 spiro atoms. The molecule has 248 valence electrons. The first kappa shape index (κ1) is 35.8. The predicted octanol–water partition coefficient (Wildman–Crippen LogP) is 7.09. The molecule has 9 nitrogen and oxygen atoms in total. The molecule has 0 aliphatic carbocycles. The van der Waals surface area contributed by atoms with Crippen LogP contribution in [-0.4, -0.2) is 76.2 Å². The Labute approximate surface area is 275 Å². The summed E-state index contributed by atoms with van der Waals surface area (Å²) >= 11 is 0. The van der Waals surface area contributed by atoms with Crippen molar-refractivity contribution in [2.75, 3.05) is 41.2 Å². The van der Waals surface area contributed by atoms with E-state index in [1.807, 2.05) is 66.7 Å². The molecule has 2 unspecified atom stereocenters. The first-order chi connectivity index (χ1) is 22.3. The van der Waals surface area contributed by atoms with Crippen LogP contribution in [0.1, 0.15) is 50.8 Å². The van der Waals surface area contributed by atoms with Crippen LogP contribution < -0.4 is 9.47 Å². The molecule has 4 rings (SSSR count). The maximum atomic E-state index is 9.18. The number of nitrogens with zero attached hydrogens (tertiary/aromatic N) is 2. The maximum Gasteiger partial charge on any atom is 0.259 e. The quantitative estimate of drug-likeness (QED) is 0.0863. The molecule has 0 N–H and O–H groups in total. The second-order valence-corrected chi connectivity index (χ2v) is 13.0. The number of ether oxygens (including phenoxy) is 5. The molecule has 10 heteroatoms. The van der Waals surface area contributed by atoms with Gasteiger partial charge in [-0.1, -0.05) is 54.6 Å². The summed E-state index contributed by atoms with van der Waals surface area (Å²) in [7, 11) is 3.45. The highest BCUT2D eigenvalue weighted by molar-refractivity contribution is 7.44. The van der Waals surface area contributed by atoms with Gasteiger partial charge in [-0.2, -0.15) is 5.26 Å². The van der Waals surface area contributed by atoms with E-state index >= 15 is 0 Å². The lowest BCUT2D eigenvalue weighted by Gasteiger charge is -2.39. The molecule has 3 aromatic carbocycles. The summed E-state index contributed by atoms with van der Waals surface area (Å²) in [6.07, 6.45) is -0.988. The van der Waals surface area contributed by atoms with Crippen LogP contribution in [0.5, 0.6) is 11.5 Å². The monoisotopic (exact) mass is 650 g/mol. The SMILES string of the molecule is COc1ccc(C(OC[C@H]2OC[C@@H](OC)C2OP(OCCC#N)N(C(C)C)C(C)C)(c2ccccc2)c2ccc(OC)cc2)cc1. The van der Waals surface area contributed by atoms with Gasteiger partial charge in [0.25, 0.3) is 8.53 Å². The number of nitriles is 1. The second-order valence-electron chi connectivity index (χ2n) is 11.6. The average Bonchev–Trinajstić information content (AvgIpc) is 3.46. The minimum atomic E-state index is -1.53. The predicted molar refractivity (Wildman–Crippen MR) is 179 cm³/mol. The molecule has 3 aromatic rings. The van der Waals surface area contributed by atoms with Gasteiger partial charge in [0.1, 0.15) is 35.4 Å². The van der Waals surface area contributed by atoms with E-state index in [0.717, 1.165) is 28.2 Å². The lowest BCUT2D eigenvalue weighted by atomic mass is 9.80. The van der Waals surface area contributed by atoms with E-state index < -0.39 is 26.3 Å². The first-order valence-corrected chi connectivity index (χ1v) is 16.8. The van der Waals surface area contributed by atoms with Crippen LogP contribution >= 0.6 is 8.53 Å². The second kappa shape index (κ2) is 17.2. The van der Waals surface area contributed by atoms with Gasteiger partial charge in [0.05, 0.1) is 46.5 Å². The van der Waals surface area contributed by atoms with Crippen LogP contribution in [0.3, 0.4) is 0 Å². The number of benzene rings is 3. The fourth-order valence-electron chi connectivity index (χ4n) is 5.81. The van der Waals surface area contributed by atoms with Gasteiger partial charge in [-0.05, 0) is 68.7 Å². The van der Waals surface area contributed by atoms with Crippen molar-refractivity contribution in [3.63, 3.8) is 0 Å². The Balaban J connectivity index is 1.74. The van der Waals surface area contributed by atoms with Crippen LogP contribution in [-0.2, 0) is 28.9 Å². The zero-order valence-electron chi connectivity index (χ0n) is 27.9. The summed E-state index contributed by atoms with van der Waals surface area (Å²) < 4.78 is 45.6. The Morgan fingerprint density at radius 1 is 0.848 bits per heavy atom. The molecule has 0 amide bonds. The fourth-order valence-corrected chi connectivity index (χ4v) is 7.59. The Hall–Kier alpha value is -3.06. The summed E-state index contributed by atoms with van der Waals surface area (Å²) in [6, 6.07) is 28.5. The highest BCUT2D eigenvalue weighted by Gasteiger charge is 2.45. The molecule has 1 aliphatic heterocycles. The van der Waals surface area contributed by atoms with E-state index in [9.17, 15) is 5.26 Å². The lowest BCUT2D eigenvalue weighted by molar-refractivity contribution is -0.0704. The number of rotatable bonds is 17. The maximum absolute atomic E-state index is 9.18. The van der Waals surface area contributed by atoms with E-state index in [0.29, 0.717) is 6.61 Å². The minimum absolute atomic E-state index is 0.155. The Morgan fingerprint density at radius 2 is 1.39 bits per heavy atom. The lowest BCUT2D eigenvalue weighted by Crippen LogP contribution is -2.42. The van der Waals surface area contributed by atoms with Crippen molar-refractivity contribution in [1.82, 2.24) is 4.67 Å². The van der Waals surface area contributed by atoms with Crippen molar-refractivity contribution in [1.29, 1.82) is 5.26 Å². The molecule has 46 heavy (non-hydrogen) atoms. The van der Waals surface area contributed by atoms with Gasteiger partial charge < -0.3 is 32.7 Å². The van der Waals surface area contributed by atoms with Crippen LogP contribution in [0.4, 0.5) is 0 Å². The Bertz CT molecular complexity index is 1310. The number of methoxy groups -OCH3 is 3. The number of hydrogen-bond donors (Lipinski definition) is 0. The van der Waals surface area contributed by atoms with E-state index in [1.54, 1.807) is 21.3 Å². The highest BCUT2D eigenvalue weighted by Crippen LogP contribution is 2.49. The summed E-state index contributed by atoms with van der Waals surface area (Å²) in [5, 5.41) is 9.18. The van der Waals surface area contributed by atoms with Crippen molar-refractivity contribution in [2.45, 2.75) is 70.1 Å². The van der Waals surface area contributed by atoms with Crippen molar-refractivity contribution >= 4 is 8.53 Å². The average molecular weight is 651 g/mol. The van der Waals surface area contributed by atoms with Gasteiger partial charge >= 0.3 is 0 Å². The molecule has 0 radical (unpaired) electrons. The minimum Gasteiger partial charge on any atom is -0.497 e. The van der Waals surface area contributed by atoms with Gasteiger partial charge in [-0.3, -0.25) is 0 Å². The first-order valence-electron chi connectivity index (χ1n) is 15.7. The molecule has 1 aliphatic rings. The topological polar surface area (TPSA) is 91.6 Å². The molecular weight excluding hydrogens is 603 g/mol. The van der Waals surface area contributed by atoms with Gasteiger partial charge in [-0.15, -0.1) is 0 Å². The Morgan fingerprint density at radius 3 is 1.87 bits per heavy atom. The zero-order valence-corrected chi connectivity index (χ0v) is 28.8. The molecule has 0 bridgehead atoms. The normalized spacial score (nSPS) is 19.0. The van der Waals surface area contributed by atoms with E-state index in [2.05, 4.69) is 50.6 Å². The highest BCUT2D eigenvalue weighted by atomic mass is 31.2. The van der Waals surface area contributed by atoms with Crippen molar-refractivity contribution in [3.8, 4) is 17.6 Å². The van der Waals surface area contributed by atoms with Crippen molar-refractivity contribution in [3.05, 3.63) is 95.6 Å². The van der Waals surface area contributed by atoms with Crippen LogP contribution in [0, 0.1) is 11.3 Å². The third-order valence-electron chi connectivity index (χ3n) is 8.02. The van der Waals surface area contributed by atoms with E-state index in [-0.39, 0.29) is 37.8 Å². The largest absolute Gasteiger partial charge is 0.497 e. The Kier molecular flexibility index (Phi) is 13.4. The van der Waals surface area contributed by atoms with Gasteiger partial charge in [-0.25, -0.2) is 4.67 Å². The third kappa shape index (κ3) is 8.26. The van der Waals surface area contributed by atoms with E-state index in [1.165, 1.54) is 0 Å². The molecule has 4 atom stereocenters. The standard InChI is InChI=1S/C36H47N2O7P/c1-26(2)38(27(3)4)46(44-23-11-22-37)45-35-33(41-7)24-42-34(35)25-43-36(28-12-9-8-10-13-28,29-14-18-31(39-5)19-15-29)30-16-20-32(40-6)21-17-30/h8-10,12-21,26-27,33-35H,11,23-25H2,1-7H3/t33-,34-,35?,46?/m1/s1. The molecule has 0 aromatic heterocycles. The molecule has 0 saturated carbocycles. The van der Waals surface area contributed by atoms with E-state index in [4.69, 9.17) is 32.7 Å². The van der Waals surface area contributed by atoms with Crippen molar-refractivity contribution in [2.24, 2.45) is 0 Å². The third-order valence-corrected chi connectivity index (χ3v) is 10.2. The van der Waals surface area contributed by atoms with Gasteiger partial charge in [0.2, 0.25) is 0 Å². The smallest absolute Gasteiger partial charge is 0.259 e. The van der Waals surface area contributed by atoms with Gasteiger partial charge in [0, 0.05) is 19.2 Å². The molecule has 1 fully saturated rings. The number of hydrogen-bond acceptors (Lipinski definition) is 9. The fraction of sp³-hybridized carbons (Fsp3) is 0.472. The molecule has 1 saturated heterocycles. The summed E-state index contributed by atoms with van der Waals surface area (Å²) in [6.45, 7) is 9.28. The van der Waals surface area contributed by atoms with Crippen LogP contribution in [0.2, 0.25) is 0 Å². The van der Waals surface area contributed by atoms with Crippen LogP contribution in [0.25, 0.3) is 0 Å². The summed E-state index contributed by atoms with van der Waals surface area (Å²) in [4.78, 5) is 0. The van der Waals surface area contributed by atoms with Crippen molar-refractivity contribution < 1.29 is 32.7 Å². The molecule has 1 heterocycles. The van der Waals surface area contributed by atoms with Gasteiger partial charge in [0.15, 0.2) is 0 Å². The zero-order chi connectivity index (χ0) is 33.1. The summed E-state index contributed by atoms with van der Waals surface area (Å²) in [5.41, 5.74) is 1.80. The molecular formula is C36H47N2O7P. The van der Waals surface area contributed by atoms with Crippen LogP contribution in [0.15, 0.2) is 78.9 Å².